The molecule has 1 aromatic carbocycles. The molecule has 1 N–H and O–H groups in total. The summed E-state index contributed by atoms with van der Waals surface area (Å²) in [4.78, 5) is 0. The van der Waals surface area contributed by atoms with E-state index in [1.165, 1.54) is 28.0 Å². The van der Waals surface area contributed by atoms with E-state index in [0.29, 0.717) is 0 Å². The lowest BCUT2D eigenvalue weighted by Gasteiger charge is -2.20. The highest BCUT2D eigenvalue weighted by molar-refractivity contribution is 7.20. The van der Waals surface area contributed by atoms with E-state index in [2.05, 4.69) is 44.3 Å². The van der Waals surface area contributed by atoms with E-state index in [4.69, 9.17) is 23.2 Å². The van der Waals surface area contributed by atoms with Gasteiger partial charge in [-0.25, -0.2) is 0 Å². The molecule has 0 saturated carbocycles. The number of hydrogen-bond acceptors (Lipinski definition) is 2. The van der Waals surface area contributed by atoms with Crippen LogP contribution in [0.4, 0.5) is 0 Å². The summed E-state index contributed by atoms with van der Waals surface area (Å²) < 4.78 is 1.50. The molecule has 0 aliphatic rings. The third-order valence-corrected chi connectivity index (χ3v) is 4.69. The van der Waals surface area contributed by atoms with Crippen LogP contribution in [0.2, 0.25) is 8.67 Å². The van der Waals surface area contributed by atoms with E-state index >= 15 is 0 Å². The van der Waals surface area contributed by atoms with Gasteiger partial charge in [0.05, 0.1) is 14.7 Å². The van der Waals surface area contributed by atoms with Crippen molar-refractivity contribution in [3.8, 4) is 0 Å². The summed E-state index contributed by atoms with van der Waals surface area (Å²) >= 11 is 13.9. The molecule has 0 fully saturated rings. The highest BCUT2D eigenvalue weighted by Crippen LogP contribution is 2.37. The average molecular weight is 328 g/mol. The van der Waals surface area contributed by atoms with Crippen molar-refractivity contribution in [2.45, 2.75) is 33.2 Å². The Balaban J connectivity index is 2.43. The van der Waals surface area contributed by atoms with E-state index in [-0.39, 0.29) is 6.04 Å². The monoisotopic (exact) mass is 327 g/mol. The summed E-state index contributed by atoms with van der Waals surface area (Å²) in [6, 6.07) is 8.68. The van der Waals surface area contributed by atoms with Gasteiger partial charge >= 0.3 is 0 Å². The first-order chi connectivity index (χ1) is 9.51. The fourth-order valence-corrected chi connectivity index (χ4v) is 3.95. The van der Waals surface area contributed by atoms with Crippen LogP contribution in [0.5, 0.6) is 0 Å². The van der Waals surface area contributed by atoms with Crippen molar-refractivity contribution >= 4 is 34.5 Å². The number of hydrogen-bond donors (Lipinski definition) is 1. The quantitative estimate of drug-likeness (QED) is 0.736. The molecule has 1 heterocycles. The molecule has 0 saturated heterocycles. The fourth-order valence-electron chi connectivity index (χ4n) is 2.42. The maximum atomic E-state index is 6.34. The van der Waals surface area contributed by atoms with E-state index in [1.807, 2.05) is 6.07 Å². The zero-order valence-electron chi connectivity index (χ0n) is 12.0. The molecular formula is C16H19Cl2NS. The number of thiophene rings is 1. The molecule has 0 aliphatic carbocycles. The van der Waals surface area contributed by atoms with E-state index in [9.17, 15) is 0 Å². The summed E-state index contributed by atoms with van der Waals surface area (Å²) in [6.07, 6.45) is 1.08. The van der Waals surface area contributed by atoms with Crippen LogP contribution in [0, 0.1) is 13.8 Å². The maximum Gasteiger partial charge on any atom is 0.0995 e. The smallest absolute Gasteiger partial charge is 0.0995 e. The number of nitrogens with one attached hydrogen (secondary N) is 1. The van der Waals surface area contributed by atoms with Crippen LogP contribution in [-0.4, -0.2) is 6.54 Å². The number of benzene rings is 1. The molecule has 1 aromatic heterocycles. The van der Waals surface area contributed by atoms with Crippen LogP contribution in [0.1, 0.15) is 41.6 Å². The van der Waals surface area contributed by atoms with Crippen LogP contribution in [0.25, 0.3) is 0 Å². The number of rotatable bonds is 5. The van der Waals surface area contributed by atoms with Crippen LogP contribution >= 0.6 is 34.5 Å². The molecule has 1 atom stereocenters. The topological polar surface area (TPSA) is 12.0 Å². The molecule has 0 bridgehead atoms. The van der Waals surface area contributed by atoms with Crippen molar-refractivity contribution in [3.05, 3.63) is 55.2 Å². The lowest BCUT2D eigenvalue weighted by molar-refractivity contribution is 0.599. The molecule has 4 heteroatoms. The highest BCUT2D eigenvalue weighted by atomic mass is 35.5. The molecule has 0 spiro atoms. The van der Waals surface area contributed by atoms with Gasteiger partial charge in [0.2, 0.25) is 0 Å². The minimum Gasteiger partial charge on any atom is -0.306 e. The van der Waals surface area contributed by atoms with Gasteiger partial charge in [0, 0.05) is 5.56 Å². The Bertz CT molecular complexity index is 572. The van der Waals surface area contributed by atoms with Crippen molar-refractivity contribution in [1.82, 2.24) is 5.32 Å². The normalized spacial score (nSPS) is 12.7. The Morgan fingerprint density at radius 3 is 2.25 bits per heavy atom. The molecule has 1 unspecified atom stereocenters. The van der Waals surface area contributed by atoms with Gasteiger partial charge < -0.3 is 5.32 Å². The molecule has 108 valence electrons. The van der Waals surface area contributed by atoms with Gasteiger partial charge in [-0.05, 0) is 38.4 Å². The molecule has 0 radical (unpaired) electrons. The minimum atomic E-state index is 0.102. The lowest BCUT2D eigenvalue weighted by atomic mass is 9.97. The summed E-state index contributed by atoms with van der Waals surface area (Å²) in [5, 5.41) is 3.57. The largest absolute Gasteiger partial charge is 0.306 e. The van der Waals surface area contributed by atoms with Gasteiger partial charge in [0.15, 0.2) is 0 Å². The van der Waals surface area contributed by atoms with E-state index in [1.54, 1.807) is 0 Å². The third kappa shape index (κ3) is 3.76. The zero-order valence-corrected chi connectivity index (χ0v) is 14.3. The first-order valence-electron chi connectivity index (χ1n) is 6.77. The van der Waals surface area contributed by atoms with Crippen LogP contribution < -0.4 is 5.32 Å². The van der Waals surface area contributed by atoms with Gasteiger partial charge in [-0.15, -0.1) is 11.3 Å². The minimum absolute atomic E-state index is 0.102. The Labute approximate surface area is 134 Å². The molecule has 1 nitrogen and oxygen atoms in total. The second-order valence-electron chi connectivity index (χ2n) is 5.09. The Morgan fingerprint density at radius 2 is 1.75 bits per heavy atom. The SMILES string of the molecule is CCCNC(c1cc(C)cc(C)c1)c1cc(Cl)sc1Cl. The van der Waals surface area contributed by atoms with Crippen molar-refractivity contribution in [1.29, 1.82) is 0 Å². The summed E-state index contributed by atoms with van der Waals surface area (Å²) in [7, 11) is 0. The maximum absolute atomic E-state index is 6.34. The number of aryl methyl sites for hydroxylation is 2. The molecule has 2 aromatic rings. The van der Waals surface area contributed by atoms with Gasteiger partial charge in [-0.1, -0.05) is 59.5 Å². The molecule has 0 aliphatic heterocycles. The summed E-state index contributed by atoms with van der Waals surface area (Å²) in [5.41, 5.74) is 4.84. The predicted octanol–water partition coefficient (Wildman–Crippen LogP) is 5.76. The summed E-state index contributed by atoms with van der Waals surface area (Å²) in [5.74, 6) is 0. The fraction of sp³-hybridized carbons (Fsp3) is 0.375. The van der Waals surface area contributed by atoms with Gasteiger partial charge in [0.25, 0.3) is 0 Å². The third-order valence-electron chi connectivity index (χ3n) is 3.17. The molecule has 20 heavy (non-hydrogen) atoms. The van der Waals surface area contributed by atoms with Gasteiger partial charge in [-0.3, -0.25) is 0 Å². The van der Waals surface area contributed by atoms with Crippen molar-refractivity contribution < 1.29 is 0 Å². The second-order valence-corrected chi connectivity index (χ2v) is 7.37. The Hall–Kier alpha value is -0.540. The zero-order chi connectivity index (χ0) is 14.7. The first-order valence-corrected chi connectivity index (χ1v) is 8.34. The lowest BCUT2D eigenvalue weighted by Crippen LogP contribution is -2.23. The predicted molar refractivity (Wildman–Crippen MR) is 90.4 cm³/mol. The second kappa shape index (κ2) is 6.95. The molecule has 2 rings (SSSR count). The Morgan fingerprint density at radius 1 is 1.10 bits per heavy atom. The van der Waals surface area contributed by atoms with Crippen molar-refractivity contribution in [2.75, 3.05) is 6.54 Å². The molecular weight excluding hydrogens is 309 g/mol. The highest BCUT2D eigenvalue weighted by Gasteiger charge is 2.19. The Kier molecular flexibility index (Phi) is 5.50. The average Bonchev–Trinajstić information content (AvgIpc) is 2.68. The van der Waals surface area contributed by atoms with Gasteiger partial charge in [-0.2, -0.15) is 0 Å². The first kappa shape index (κ1) is 15.8. The van der Waals surface area contributed by atoms with Crippen molar-refractivity contribution in [2.24, 2.45) is 0 Å². The van der Waals surface area contributed by atoms with Gasteiger partial charge in [0.1, 0.15) is 0 Å². The standard InChI is InChI=1S/C16H19Cl2NS/c1-4-5-19-15(13-9-14(17)20-16(13)18)12-7-10(2)6-11(3)8-12/h6-9,15,19H,4-5H2,1-3H3. The van der Waals surface area contributed by atoms with Crippen LogP contribution in [0.3, 0.4) is 0 Å². The van der Waals surface area contributed by atoms with Crippen LogP contribution in [-0.2, 0) is 0 Å². The number of halogens is 2. The van der Waals surface area contributed by atoms with E-state index < -0.39 is 0 Å². The molecule has 0 amide bonds. The van der Waals surface area contributed by atoms with Crippen LogP contribution in [0.15, 0.2) is 24.3 Å². The summed E-state index contributed by atoms with van der Waals surface area (Å²) in [6.45, 7) is 7.35. The van der Waals surface area contributed by atoms with Crippen molar-refractivity contribution in [3.63, 3.8) is 0 Å². The van der Waals surface area contributed by atoms with E-state index in [0.717, 1.165) is 27.2 Å².